The van der Waals surface area contributed by atoms with Crippen molar-refractivity contribution in [2.24, 2.45) is 0 Å². The maximum absolute atomic E-state index is 13.4. The third-order valence-electron chi connectivity index (χ3n) is 2.61. The van der Waals surface area contributed by atoms with E-state index in [1.165, 1.54) is 6.07 Å². The monoisotopic (exact) mass is 212 g/mol. The highest BCUT2D eigenvalue weighted by atomic mass is 19.1. The molecule has 0 aliphatic rings. The molecule has 0 atom stereocenters. The van der Waals surface area contributed by atoms with E-state index in [4.69, 9.17) is 4.74 Å². The fourth-order valence-electron chi connectivity index (χ4n) is 1.44. The molecule has 0 saturated carbocycles. The standard InChI is InChI=1S/C12H17FO2/c1-8-5-11(15-4)9(6-10(8)13)12(2,3)7-14/h5-6,14H,7H2,1-4H3. The Labute approximate surface area is 89.7 Å². The van der Waals surface area contributed by atoms with Gasteiger partial charge in [0.25, 0.3) is 0 Å². The lowest BCUT2D eigenvalue weighted by Crippen LogP contribution is -2.23. The highest BCUT2D eigenvalue weighted by Crippen LogP contribution is 2.33. The number of aliphatic hydroxyl groups excluding tert-OH is 1. The summed E-state index contributed by atoms with van der Waals surface area (Å²) >= 11 is 0. The van der Waals surface area contributed by atoms with E-state index in [2.05, 4.69) is 0 Å². The molecule has 1 aromatic rings. The van der Waals surface area contributed by atoms with Crippen LogP contribution in [0.4, 0.5) is 4.39 Å². The van der Waals surface area contributed by atoms with Gasteiger partial charge in [0, 0.05) is 11.0 Å². The summed E-state index contributed by atoms with van der Waals surface area (Å²) in [5.41, 5.74) is 0.736. The maximum atomic E-state index is 13.4. The van der Waals surface area contributed by atoms with E-state index >= 15 is 0 Å². The maximum Gasteiger partial charge on any atom is 0.126 e. The Kier molecular flexibility index (Phi) is 3.35. The number of aryl methyl sites for hydroxylation is 1. The van der Waals surface area contributed by atoms with Crippen molar-refractivity contribution >= 4 is 0 Å². The van der Waals surface area contributed by atoms with Crippen molar-refractivity contribution in [3.63, 3.8) is 0 Å². The van der Waals surface area contributed by atoms with Crippen LogP contribution in [0.2, 0.25) is 0 Å². The molecule has 0 fully saturated rings. The summed E-state index contributed by atoms with van der Waals surface area (Å²) in [5, 5.41) is 9.25. The largest absolute Gasteiger partial charge is 0.496 e. The predicted molar refractivity (Wildman–Crippen MR) is 57.8 cm³/mol. The van der Waals surface area contributed by atoms with Crippen molar-refractivity contribution in [1.29, 1.82) is 0 Å². The second-order valence-corrected chi connectivity index (χ2v) is 4.34. The average Bonchev–Trinajstić information content (AvgIpc) is 2.21. The topological polar surface area (TPSA) is 29.5 Å². The Morgan fingerprint density at radius 1 is 1.40 bits per heavy atom. The van der Waals surface area contributed by atoms with Gasteiger partial charge in [0.1, 0.15) is 11.6 Å². The molecule has 0 aromatic heterocycles. The molecule has 0 amide bonds. The van der Waals surface area contributed by atoms with E-state index in [1.54, 1.807) is 20.1 Å². The number of hydrogen-bond donors (Lipinski definition) is 1. The molecule has 3 heteroatoms. The molecule has 0 radical (unpaired) electrons. The number of hydrogen-bond acceptors (Lipinski definition) is 2. The van der Waals surface area contributed by atoms with E-state index in [1.807, 2.05) is 13.8 Å². The van der Waals surface area contributed by atoms with Gasteiger partial charge in [0.15, 0.2) is 0 Å². The number of benzene rings is 1. The predicted octanol–water partition coefficient (Wildman–Crippen LogP) is 2.41. The minimum absolute atomic E-state index is 0.0497. The molecule has 15 heavy (non-hydrogen) atoms. The number of aliphatic hydroxyl groups is 1. The molecule has 0 saturated heterocycles. The van der Waals surface area contributed by atoms with Crippen molar-refractivity contribution in [2.75, 3.05) is 13.7 Å². The number of halogens is 1. The smallest absolute Gasteiger partial charge is 0.126 e. The SMILES string of the molecule is COc1cc(C)c(F)cc1C(C)(C)CO. The Morgan fingerprint density at radius 2 is 2.00 bits per heavy atom. The Morgan fingerprint density at radius 3 is 2.47 bits per heavy atom. The Bertz CT molecular complexity index is 359. The first kappa shape index (κ1) is 12.0. The van der Waals surface area contributed by atoms with Gasteiger partial charge in [-0.1, -0.05) is 13.8 Å². The van der Waals surface area contributed by atoms with Gasteiger partial charge in [-0.3, -0.25) is 0 Å². The Balaban J connectivity index is 3.34. The first-order valence-electron chi connectivity index (χ1n) is 4.88. The minimum Gasteiger partial charge on any atom is -0.496 e. The summed E-state index contributed by atoms with van der Waals surface area (Å²) in [6.45, 7) is 5.33. The summed E-state index contributed by atoms with van der Waals surface area (Å²) in [6.07, 6.45) is 0. The zero-order chi connectivity index (χ0) is 11.6. The summed E-state index contributed by atoms with van der Waals surface area (Å²) in [6, 6.07) is 3.09. The molecule has 2 nitrogen and oxygen atoms in total. The quantitative estimate of drug-likeness (QED) is 0.833. The van der Waals surface area contributed by atoms with Gasteiger partial charge in [0.05, 0.1) is 13.7 Å². The van der Waals surface area contributed by atoms with Crippen molar-refractivity contribution in [1.82, 2.24) is 0 Å². The van der Waals surface area contributed by atoms with Gasteiger partial charge >= 0.3 is 0 Å². The van der Waals surface area contributed by atoms with Crippen LogP contribution in [0.1, 0.15) is 25.0 Å². The average molecular weight is 212 g/mol. The summed E-state index contributed by atoms with van der Waals surface area (Å²) in [4.78, 5) is 0. The zero-order valence-corrected chi connectivity index (χ0v) is 9.60. The zero-order valence-electron chi connectivity index (χ0n) is 9.60. The molecule has 1 aromatic carbocycles. The molecule has 0 unspecified atom stereocenters. The third kappa shape index (κ3) is 2.29. The molecule has 0 bridgehead atoms. The third-order valence-corrected chi connectivity index (χ3v) is 2.61. The Hall–Kier alpha value is -1.09. The van der Waals surface area contributed by atoms with Crippen molar-refractivity contribution < 1.29 is 14.2 Å². The molecular weight excluding hydrogens is 195 g/mol. The van der Waals surface area contributed by atoms with Gasteiger partial charge in [-0.15, -0.1) is 0 Å². The number of methoxy groups -OCH3 is 1. The van der Waals surface area contributed by atoms with E-state index < -0.39 is 5.41 Å². The van der Waals surface area contributed by atoms with Crippen LogP contribution in [0.25, 0.3) is 0 Å². The van der Waals surface area contributed by atoms with E-state index in [0.29, 0.717) is 16.9 Å². The van der Waals surface area contributed by atoms with Crippen LogP contribution in [-0.4, -0.2) is 18.8 Å². The van der Waals surface area contributed by atoms with Crippen molar-refractivity contribution in [3.8, 4) is 5.75 Å². The second kappa shape index (κ2) is 4.19. The molecule has 0 aliphatic heterocycles. The van der Waals surface area contributed by atoms with Crippen LogP contribution in [0.3, 0.4) is 0 Å². The van der Waals surface area contributed by atoms with Gasteiger partial charge in [-0.25, -0.2) is 4.39 Å². The van der Waals surface area contributed by atoms with E-state index in [0.717, 1.165) is 0 Å². The molecule has 84 valence electrons. The van der Waals surface area contributed by atoms with Crippen LogP contribution in [0, 0.1) is 12.7 Å². The van der Waals surface area contributed by atoms with Gasteiger partial charge < -0.3 is 9.84 Å². The molecule has 0 heterocycles. The first-order chi connectivity index (χ1) is 6.92. The van der Waals surface area contributed by atoms with Crippen LogP contribution in [0.15, 0.2) is 12.1 Å². The highest BCUT2D eigenvalue weighted by molar-refractivity contribution is 5.42. The lowest BCUT2D eigenvalue weighted by molar-refractivity contribution is 0.214. The van der Waals surface area contributed by atoms with Gasteiger partial charge in [-0.2, -0.15) is 0 Å². The van der Waals surface area contributed by atoms with Crippen LogP contribution < -0.4 is 4.74 Å². The van der Waals surface area contributed by atoms with Crippen LogP contribution in [-0.2, 0) is 5.41 Å². The molecular formula is C12H17FO2. The van der Waals surface area contributed by atoms with Gasteiger partial charge in [-0.05, 0) is 24.6 Å². The molecule has 0 aliphatic carbocycles. The van der Waals surface area contributed by atoms with Crippen molar-refractivity contribution in [2.45, 2.75) is 26.2 Å². The normalized spacial score (nSPS) is 11.6. The summed E-state index contributed by atoms with van der Waals surface area (Å²) in [5.74, 6) is 0.347. The lowest BCUT2D eigenvalue weighted by Gasteiger charge is -2.25. The number of ether oxygens (including phenoxy) is 1. The van der Waals surface area contributed by atoms with E-state index in [9.17, 15) is 9.50 Å². The summed E-state index contributed by atoms with van der Waals surface area (Å²) in [7, 11) is 1.55. The number of rotatable bonds is 3. The molecule has 0 spiro atoms. The fraction of sp³-hybridized carbons (Fsp3) is 0.500. The van der Waals surface area contributed by atoms with Crippen LogP contribution in [0.5, 0.6) is 5.75 Å². The highest BCUT2D eigenvalue weighted by Gasteiger charge is 2.24. The second-order valence-electron chi connectivity index (χ2n) is 4.34. The summed E-state index contributed by atoms with van der Waals surface area (Å²) < 4.78 is 18.6. The molecule has 1 rings (SSSR count). The first-order valence-corrected chi connectivity index (χ1v) is 4.88. The van der Waals surface area contributed by atoms with Gasteiger partial charge in [0.2, 0.25) is 0 Å². The van der Waals surface area contributed by atoms with E-state index in [-0.39, 0.29) is 12.4 Å². The minimum atomic E-state index is -0.500. The lowest BCUT2D eigenvalue weighted by atomic mass is 9.84. The van der Waals surface area contributed by atoms with Crippen molar-refractivity contribution in [3.05, 3.63) is 29.1 Å². The molecule has 1 N–H and O–H groups in total. The van der Waals surface area contributed by atoms with Crippen LogP contribution >= 0.6 is 0 Å². The fourth-order valence-corrected chi connectivity index (χ4v) is 1.44.